The van der Waals surface area contributed by atoms with Crippen LogP contribution in [0.3, 0.4) is 0 Å². The van der Waals surface area contributed by atoms with E-state index in [0.29, 0.717) is 5.75 Å². The molecule has 0 bridgehead atoms. The van der Waals surface area contributed by atoms with Gasteiger partial charge in [0.2, 0.25) is 5.91 Å². The van der Waals surface area contributed by atoms with Gasteiger partial charge in [-0.25, -0.2) is 0 Å². The highest BCUT2D eigenvalue weighted by Gasteiger charge is 2.21. The number of amidine groups is 1. The molecule has 1 amide bonds. The lowest BCUT2D eigenvalue weighted by Crippen LogP contribution is -2.27. The number of hydrogen-bond donors (Lipinski definition) is 3. The van der Waals surface area contributed by atoms with Gasteiger partial charge in [-0.2, -0.15) is 0 Å². The van der Waals surface area contributed by atoms with Crippen LogP contribution < -0.4 is 15.8 Å². The first-order chi connectivity index (χ1) is 10.2. The molecule has 1 unspecified atom stereocenters. The standard InChI is InChI=1S/C14H19N3O3S/c15-13(17-19)9-20-11-6-4-10(5-7-11)16-14(18)12-3-1-2-8-21-12/h4-7,12,19H,1-3,8-9H2,(H2,15,17)(H,16,18). The molecule has 1 atom stereocenters. The lowest BCUT2D eigenvalue weighted by atomic mass is 10.2. The fraction of sp³-hybridized carbons (Fsp3) is 0.429. The van der Waals surface area contributed by atoms with Crippen LogP contribution in [-0.4, -0.2) is 34.6 Å². The highest BCUT2D eigenvalue weighted by atomic mass is 32.2. The highest BCUT2D eigenvalue weighted by molar-refractivity contribution is 8.00. The Morgan fingerprint density at radius 1 is 1.43 bits per heavy atom. The van der Waals surface area contributed by atoms with E-state index in [9.17, 15) is 4.79 Å². The number of benzene rings is 1. The molecule has 0 aliphatic carbocycles. The summed E-state index contributed by atoms with van der Waals surface area (Å²) in [6.07, 6.45) is 3.25. The first kappa shape index (κ1) is 15.5. The molecule has 21 heavy (non-hydrogen) atoms. The van der Waals surface area contributed by atoms with Gasteiger partial charge in [-0.05, 0) is 42.9 Å². The molecule has 1 aromatic carbocycles. The van der Waals surface area contributed by atoms with Crippen molar-refractivity contribution in [1.82, 2.24) is 0 Å². The number of nitrogens with zero attached hydrogens (tertiary/aromatic N) is 1. The summed E-state index contributed by atoms with van der Waals surface area (Å²) < 4.78 is 5.30. The second-order valence-corrected chi connectivity index (χ2v) is 6.06. The third kappa shape index (κ3) is 4.86. The number of nitrogens with one attached hydrogen (secondary N) is 1. The minimum atomic E-state index is 0.00158. The topological polar surface area (TPSA) is 96.9 Å². The van der Waals surface area contributed by atoms with Gasteiger partial charge in [0, 0.05) is 5.69 Å². The van der Waals surface area contributed by atoms with E-state index in [-0.39, 0.29) is 23.6 Å². The zero-order chi connectivity index (χ0) is 15.1. The smallest absolute Gasteiger partial charge is 0.237 e. The molecule has 114 valence electrons. The molecule has 4 N–H and O–H groups in total. The Balaban J connectivity index is 1.85. The number of amides is 1. The number of hydrogen-bond acceptors (Lipinski definition) is 5. The molecule has 6 nitrogen and oxygen atoms in total. The Kier molecular flexibility index (Phi) is 5.74. The molecule has 0 saturated carbocycles. The molecule has 1 aromatic rings. The van der Waals surface area contributed by atoms with Crippen LogP contribution in [0, 0.1) is 0 Å². The van der Waals surface area contributed by atoms with Gasteiger partial charge in [0.1, 0.15) is 12.4 Å². The zero-order valence-electron chi connectivity index (χ0n) is 11.6. The summed E-state index contributed by atoms with van der Waals surface area (Å²) in [6.45, 7) is 0.0148. The van der Waals surface area contributed by atoms with Crippen LogP contribution in [0.4, 0.5) is 5.69 Å². The summed E-state index contributed by atoms with van der Waals surface area (Å²) in [6, 6.07) is 7.00. The maximum atomic E-state index is 12.1. The van der Waals surface area contributed by atoms with Crippen LogP contribution in [0.25, 0.3) is 0 Å². The number of thioether (sulfide) groups is 1. The fourth-order valence-electron chi connectivity index (χ4n) is 1.99. The van der Waals surface area contributed by atoms with Crippen LogP contribution in [-0.2, 0) is 4.79 Å². The number of ether oxygens (including phenoxy) is 1. The van der Waals surface area contributed by atoms with Crippen LogP contribution in [0.2, 0.25) is 0 Å². The van der Waals surface area contributed by atoms with E-state index in [1.807, 2.05) is 0 Å². The monoisotopic (exact) mass is 309 g/mol. The van der Waals surface area contributed by atoms with Crippen molar-refractivity contribution in [2.45, 2.75) is 24.5 Å². The number of carbonyl (C=O) groups is 1. The average Bonchev–Trinajstić information content (AvgIpc) is 2.54. The first-order valence-electron chi connectivity index (χ1n) is 6.81. The molecule has 0 aromatic heterocycles. The second-order valence-electron chi connectivity index (χ2n) is 4.75. The average molecular weight is 309 g/mol. The molecule has 1 heterocycles. The molecule has 1 aliphatic heterocycles. The van der Waals surface area contributed by atoms with E-state index >= 15 is 0 Å². The number of anilines is 1. The highest BCUT2D eigenvalue weighted by Crippen LogP contribution is 2.26. The summed E-state index contributed by atoms with van der Waals surface area (Å²) in [7, 11) is 0. The quantitative estimate of drug-likeness (QED) is 0.335. The lowest BCUT2D eigenvalue weighted by molar-refractivity contribution is -0.115. The Bertz CT molecular complexity index is 499. The maximum absolute atomic E-state index is 12.1. The molecule has 2 rings (SSSR count). The predicted molar refractivity (Wildman–Crippen MR) is 84.1 cm³/mol. The van der Waals surface area contributed by atoms with Crippen LogP contribution in [0.1, 0.15) is 19.3 Å². The van der Waals surface area contributed by atoms with E-state index in [1.54, 1.807) is 36.0 Å². The van der Waals surface area contributed by atoms with Gasteiger partial charge in [0.15, 0.2) is 5.84 Å². The summed E-state index contributed by atoms with van der Waals surface area (Å²) >= 11 is 1.72. The Morgan fingerprint density at radius 2 is 2.19 bits per heavy atom. The van der Waals surface area contributed by atoms with Crippen LogP contribution >= 0.6 is 11.8 Å². The third-order valence-corrected chi connectivity index (χ3v) is 4.49. The first-order valence-corrected chi connectivity index (χ1v) is 7.85. The Morgan fingerprint density at radius 3 is 2.81 bits per heavy atom. The SMILES string of the molecule is N/C(COc1ccc(NC(=O)C2CCCCS2)cc1)=N/O. The third-order valence-electron chi connectivity index (χ3n) is 3.11. The summed E-state index contributed by atoms with van der Waals surface area (Å²) in [5.41, 5.74) is 6.05. The molecule has 0 spiro atoms. The van der Waals surface area contributed by atoms with E-state index in [4.69, 9.17) is 15.7 Å². The fourth-order valence-corrected chi connectivity index (χ4v) is 3.19. The number of carbonyl (C=O) groups excluding carboxylic acids is 1. The van der Waals surface area contributed by atoms with Crippen molar-refractivity contribution in [3.05, 3.63) is 24.3 Å². The number of nitrogens with two attached hydrogens (primary N) is 1. The van der Waals surface area contributed by atoms with Crippen LogP contribution in [0.5, 0.6) is 5.75 Å². The van der Waals surface area contributed by atoms with Crippen LogP contribution in [0.15, 0.2) is 29.4 Å². The molecule has 1 aliphatic rings. The molecule has 1 fully saturated rings. The summed E-state index contributed by atoms with van der Waals surface area (Å²) in [4.78, 5) is 12.1. The molecule has 0 radical (unpaired) electrons. The van der Waals surface area contributed by atoms with E-state index in [1.165, 1.54) is 6.42 Å². The van der Waals surface area contributed by atoms with Gasteiger partial charge >= 0.3 is 0 Å². The van der Waals surface area contributed by atoms with Crippen molar-refractivity contribution in [1.29, 1.82) is 0 Å². The Hall–Kier alpha value is -1.89. The summed E-state index contributed by atoms with van der Waals surface area (Å²) in [5, 5.41) is 14.2. The van der Waals surface area contributed by atoms with Gasteiger partial charge < -0.3 is 21.0 Å². The van der Waals surface area contributed by atoms with Gasteiger partial charge in [0.05, 0.1) is 5.25 Å². The minimum absolute atomic E-state index is 0.00158. The Labute approximate surface area is 127 Å². The van der Waals surface area contributed by atoms with Gasteiger partial charge in [-0.1, -0.05) is 11.6 Å². The maximum Gasteiger partial charge on any atom is 0.237 e. The van der Waals surface area contributed by atoms with Crippen molar-refractivity contribution in [3.8, 4) is 5.75 Å². The zero-order valence-corrected chi connectivity index (χ0v) is 12.4. The summed E-state index contributed by atoms with van der Waals surface area (Å²) in [5.74, 6) is 1.71. The minimum Gasteiger partial charge on any atom is -0.486 e. The van der Waals surface area contributed by atoms with Crippen molar-refractivity contribution >= 4 is 29.2 Å². The lowest BCUT2D eigenvalue weighted by Gasteiger charge is -2.20. The van der Waals surface area contributed by atoms with Crippen molar-refractivity contribution in [2.24, 2.45) is 10.9 Å². The largest absolute Gasteiger partial charge is 0.486 e. The number of oxime groups is 1. The molecular weight excluding hydrogens is 290 g/mol. The molecular formula is C14H19N3O3S. The van der Waals surface area contributed by atoms with Gasteiger partial charge in [0.25, 0.3) is 0 Å². The van der Waals surface area contributed by atoms with Gasteiger partial charge in [-0.15, -0.1) is 11.8 Å². The van der Waals surface area contributed by atoms with Gasteiger partial charge in [-0.3, -0.25) is 4.79 Å². The second kappa shape index (κ2) is 7.78. The van der Waals surface area contributed by atoms with E-state index in [0.717, 1.165) is 24.3 Å². The van der Waals surface area contributed by atoms with Crippen molar-refractivity contribution < 1.29 is 14.7 Å². The van der Waals surface area contributed by atoms with Crippen molar-refractivity contribution in [3.63, 3.8) is 0 Å². The van der Waals surface area contributed by atoms with E-state index < -0.39 is 0 Å². The molecule has 1 saturated heterocycles. The predicted octanol–water partition coefficient (Wildman–Crippen LogP) is 2.04. The van der Waals surface area contributed by atoms with E-state index in [2.05, 4.69) is 10.5 Å². The molecule has 7 heteroatoms. The normalized spacial score (nSPS) is 19.0. The number of rotatable bonds is 5. The van der Waals surface area contributed by atoms with Crippen molar-refractivity contribution in [2.75, 3.05) is 17.7 Å².